The lowest BCUT2D eigenvalue weighted by molar-refractivity contribution is -0.0264. The topological polar surface area (TPSA) is 47.9 Å². The Morgan fingerprint density at radius 2 is 2.15 bits per heavy atom. The molecule has 4 heteroatoms. The van der Waals surface area contributed by atoms with Gasteiger partial charge in [0.05, 0.1) is 13.2 Å². The van der Waals surface area contributed by atoms with Crippen LogP contribution in [-0.2, 0) is 14.2 Å². The minimum absolute atomic E-state index is 0.127. The highest BCUT2D eigenvalue weighted by atomic mass is 16.6. The van der Waals surface area contributed by atoms with Crippen LogP contribution in [0.1, 0.15) is 0 Å². The molecule has 0 radical (unpaired) electrons. The van der Waals surface area contributed by atoms with E-state index in [0.717, 1.165) is 0 Å². The first-order valence-corrected chi connectivity index (χ1v) is 4.29. The smallest absolute Gasteiger partial charge is 0.115 e. The summed E-state index contributed by atoms with van der Waals surface area (Å²) >= 11 is 0. The Morgan fingerprint density at radius 3 is 2.92 bits per heavy atom. The SMILES string of the molecule is C#CCO[C@@H]1CO[C@H]2[C@@H]1OC[C@@H]2O. The van der Waals surface area contributed by atoms with E-state index in [0.29, 0.717) is 13.2 Å². The molecule has 4 nitrogen and oxygen atoms in total. The average Bonchev–Trinajstić information content (AvgIpc) is 2.67. The summed E-state index contributed by atoms with van der Waals surface area (Å²) < 4.78 is 16.0. The van der Waals surface area contributed by atoms with Crippen LogP contribution in [-0.4, -0.2) is 49.3 Å². The minimum Gasteiger partial charge on any atom is -0.388 e. The predicted molar refractivity (Wildman–Crippen MR) is 44.1 cm³/mol. The maximum Gasteiger partial charge on any atom is 0.115 e. The van der Waals surface area contributed by atoms with Crippen molar-refractivity contribution in [1.29, 1.82) is 0 Å². The molecule has 2 rings (SSSR count). The van der Waals surface area contributed by atoms with Gasteiger partial charge >= 0.3 is 0 Å². The first-order chi connectivity index (χ1) is 6.33. The standard InChI is InChI=1S/C9H12O4/c1-2-3-11-7-5-13-8-6(10)4-12-9(7)8/h1,6-10H,3-5H2/t6-,7+,8+,9+/m0/s1. The van der Waals surface area contributed by atoms with E-state index in [-0.39, 0.29) is 24.9 Å². The van der Waals surface area contributed by atoms with Crippen molar-refractivity contribution in [3.05, 3.63) is 0 Å². The number of hydrogen-bond acceptors (Lipinski definition) is 4. The van der Waals surface area contributed by atoms with Gasteiger partial charge in [-0.3, -0.25) is 0 Å². The van der Waals surface area contributed by atoms with Crippen molar-refractivity contribution in [2.24, 2.45) is 0 Å². The molecule has 0 aromatic carbocycles. The van der Waals surface area contributed by atoms with Gasteiger partial charge in [0.2, 0.25) is 0 Å². The van der Waals surface area contributed by atoms with Gasteiger partial charge in [-0.05, 0) is 0 Å². The number of fused-ring (bicyclic) bond motifs is 1. The lowest BCUT2D eigenvalue weighted by Crippen LogP contribution is -2.32. The van der Waals surface area contributed by atoms with Crippen molar-refractivity contribution >= 4 is 0 Å². The minimum atomic E-state index is -0.524. The molecule has 2 aliphatic rings. The van der Waals surface area contributed by atoms with Crippen LogP contribution in [0.4, 0.5) is 0 Å². The summed E-state index contributed by atoms with van der Waals surface area (Å²) in [5, 5.41) is 9.40. The molecule has 0 aliphatic carbocycles. The number of hydrogen-bond donors (Lipinski definition) is 1. The van der Waals surface area contributed by atoms with Crippen molar-refractivity contribution in [2.45, 2.75) is 24.4 Å². The summed E-state index contributed by atoms with van der Waals surface area (Å²) in [4.78, 5) is 0. The Hall–Kier alpha value is -0.600. The van der Waals surface area contributed by atoms with Crippen molar-refractivity contribution in [1.82, 2.24) is 0 Å². The zero-order valence-corrected chi connectivity index (χ0v) is 7.18. The Morgan fingerprint density at radius 1 is 1.38 bits per heavy atom. The summed E-state index contributed by atoms with van der Waals surface area (Å²) in [5.74, 6) is 2.39. The first-order valence-electron chi connectivity index (χ1n) is 4.29. The molecule has 13 heavy (non-hydrogen) atoms. The van der Waals surface area contributed by atoms with Gasteiger partial charge in [-0.1, -0.05) is 5.92 Å². The van der Waals surface area contributed by atoms with Crippen molar-refractivity contribution in [3.63, 3.8) is 0 Å². The molecule has 0 unspecified atom stereocenters. The second-order valence-electron chi connectivity index (χ2n) is 3.22. The zero-order chi connectivity index (χ0) is 9.26. The van der Waals surface area contributed by atoms with Gasteiger partial charge in [-0.25, -0.2) is 0 Å². The third-order valence-electron chi connectivity index (χ3n) is 2.36. The van der Waals surface area contributed by atoms with Gasteiger partial charge in [-0.15, -0.1) is 6.42 Å². The summed E-state index contributed by atoms with van der Waals surface area (Å²) in [6.45, 7) is 1.04. The van der Waals surface area contributed by atoms with Crippen LogP contribution in [0.25, 0.3) is 0 Å². The van der Waals surface area contributed by atoms with Crippen LogP contribution in [0, 0.1) is 12.3 Å². The molecule has 2 aliphatic heterocycles. The van der Waals surface area contributed by atoms with E-state index in [1.54, 1.807) is 0 Å². The summed E-state index contributed by atoms with van der Waals surface area (Å²) in [5.41, 5.74) is 0. The molecule has 1 N–H and O–H groups in total. The zero-order valence-electron chi connectivity index (χ0n) is 7.18. The predicted octanol–water partition coefficient (Wildman–Crippen LogP) is -0.837. The van der Waals surface area contributed by atoms with Gasteiger partial charge in [0.25, 0.3) is 0 Å². The Kier molecular flexibility index (Phi) is 2.51. The highest BCUT2D eigenvalue weighted by molar-refractivity contribution is 4.96. The van der Waals surface area contributed by atoms with E-state index in [9.17, 15) is 5.11 Å². The summed E-state index contributed by atoms with van der Waals surface area (Å²) in [6, 6.07) is 0. The molecule has 72 valence electrons. The van der Waals surface area contributed by atoms with Gasteiger partial charge in [0.1, 0.15) is 31.0 Å². The molecule has 2 saturated heterocycles. The molecule has 0 aromatic rings. The van der Waals surface area contributed by atoms with Gasteiger partial charge in [0, 0.05) is 0 Å². The molecule has 0 saturated carbocycles. The average molecular weight is 184 g/mol. The van der Waals surface area contributed by atoms with Crippen molar-refractivity contribution in [3.8, 4) is 12.3 Å². The first kappa shape index (κ1) is 8.97. The number of rotatable bonds is 2. The van der Waals surface area contributed by atoms with Crippen LogP contribution in [0.3, 0.4) is 0 Å². The van der Waals surface area contributed by atoms with Crippen LogP contribution < -0.4 is 0 Å². The maximum absolute atomic E-state index is 9.40. The van der Waals surface area contributed by atoms with Gasteiger partial charge in [-0.2, -0.15) is 0 Å². The van der Waals surface area contributed by atoms with Crippen molar-refractivity contribution < 1.29 is 19.3 Å². The van der Waals surface area contributed by atoms with Crippen LogP contribution in [0.2, 0.25) is 0 Å². The lowest BCUT2D eigenvalue weighted by atomic mass is 10.1. The monoisotopic (exact) mass is 184 g/mol. The number of ether oxygens (including phenoxy) is 3. The second kappa shape index (κ2) is 3.64. The van der Waals surface area contributed by atoms with E-state index < -0.39 is 6.10 Å². The maximum atomic E-state index is 9.40. The fourth-order valence-electron chi connectivity index (χ4n) is 1.74. The highest BCUT2D eigenvalue weighted by Crippen LogP contribution is 2.28. The van der Waals surface area contributed by atoms with E-state index in [2.05, 4.69) is 5.92 Å². The van der Waals surface area contributed by atoms with Gasteiger partial charge in [0.15, 0.2) is 0 Å². The molecule has 0 aromatic heterocycles. The van der Waals surface area contributed by atoms with E-state index in [1.807, 2.05) is 0 Å². The number of aliphatic hydroxyl groups is 1. The third kappa shape index (κ3) is 1.56. The Balaban J connectivity index is 1.91. The fraction of sp³-hybridized carbons (Fsp3) is 0.778. The summed E-state index contributed by atoms with van der Waals surface area (Å²) in [7, 11) is 0. The molecule has 0 bridgehead atoms. The summed E-state index contributed by atoms with van der Waals surface area (Å²) in [6.07, 6.45) is 4.03. The molecule has 0 amide bonds. The van der Waals surface area contributed by atoms with Gasteiger partial charge < -0.3 is 19.3 Å². The molecule has 2 fully saturated rings. The molecule has 2 heterocycles. The molecule has 4 atom stereocenters. The second-order valence-corrected chi connectivity index (χ2v) is 3.22. The fourth-order valence-corrected chi connectivity index (χ4v) is 1.74. The third-order valence-corrected chi connectivity index (χ3v) is 2.36. The van der Waals surface area contributed by atoms with Crippen LogP contribution in [0.5, 0.6) is 0 Å². The quantitative estimate of drug-likeness (QED) is 0.569. The lowest BCUT2D eigenvalue weighted by Gasteiger charge is -2.14. The number of terminal acetylenes is 1. The molecule has 0 spiro atoms. The number of aliphatic hydroxyl groups excluding tert-OH is 1. The van der Waals surface area contributed by atoms with Crippen LogP contribution in [0.15, 0.2) is 0 Å². The van der Waals surface area contributed by atoms with E-state index in [4.69, 9.17) is 20.6 Å². The van der Waals surface area contributed by atoms with E-state index in [1.165, 1.54) is 0 Å². The Labute approximate surface area is 76.8 Å². The van der Waals surface area contributed by atoms with E-state index >= 15 is 0 Å². The molecular formula is C9H12O4. The largest absolute Gasteiger partial charge is 0.388 e. The highest BCUT2D eigenvalue weighted by Gasteiger charge is 2.47. The Bertz CT molecular complexity index is 222. The molecular weight excluding hydrogens is 172 g/mol. The van der Waals surface area contributed by atoms with Crippen LogP contribution >= 0.6 is 0 Å². The van der Waals surface area contributed by atoms with Crippen molar-refractivity contribution in [2.75, 3.05) is 19.8 Å². The normalized spacial score (nSPS) is 43.1.